The summed E-state index contributed by atoms with van der Waals surface area (Å²) in [6.45, 7) is 5.59. The molecule has 2 aliphatic carbocycles. The van der Waals surface area contributed by atoms with E-state index in [1.807, 2.05) is 0 Å². The van der Waals surface area contributed by atoms with Crippen LogP contribution in [-0.2, 0) is 4.79 Å². The van der Waals surface area contributed by atoms with E-state index in [1.165, 1.54) is 44.9 Å². The van der Waals surface area contributed by atoms with Gasteiger partial charge in [-0.05, 0) is 50.5 Å². The highest BCUT2D eigenvalue weighted by Crippen LogP contribution is 2.43. The fraction of sp³-hybridized carbons (Fsp3) is 0.944. The Kier molecular flexibility index (Phi) is 4.31. The summed E-state index contributed by atoms with van der Waals surface area (Å²) in [6.07, 6.45) is 12.4. The Morgan fingerprint density at radius 1 is 1.05 bits per heavy atom. The van der Waals surface area contributed by atoms with Crippen molar-refractivity contribution in [1.29, 1.82) is 0 Å². The zero-order valence-corrected chi connectivity index (χ0v) is 13.8. The Bertz CT molecular complexity index is 379. The highest BCUT2D eigenvalue weighted by atomic mass is 16.2. The fourth-order valence-electron chi connectivity index (χ4n) is 5.00. The third-order valence-corrected chi connectivity index (χ3v) is 6.36. The van der Waals surface area contributed by atoms with Crippen molar-refractivity contribution in [2.75, 3.05) is 6.54 Å². The fourth-order valence-corrected chi connectivity index (χ4v) is 5.00. The van der Waals surface area contributed by atoms with Crippen LogP contribution in [0.15, 0.2) is 0 Å². The first-order valence-corrected chi connectivity index (χ1v) is 9.06. The molecule has 3 nitrogen and oxygen atoms in total. The molecule has 0 bridgehead atoms. The standard InChI is InChI=1S/C18H32N2O/c1-17(2)9-6-7-15(17)16(21)20-14-8-12-19-18(13-14)10-4-3-5-11-18/h14-15,19H,3-13H2,1-2H3,(H,20,21). The van der Waals surface area contributed by atoms with Crippen LogP contribution in [0.5, 0.6) is 0 Å². The molecule has 2 atom stereocenters. The number of hydrogen-bond donors (Lipinski definition) is 2. The van der Waals surface area contributed by atoms with Crippen LogP contribution < -0.4 is 10.6 Å². The minimum Gasteiger partial charge on any atom is -0.353 e. The largest absolute Gasteiger partial charge is 0.353 e. The molecule has 2 saturated carbocycles. The normalized spacial score (nSPS) is 34.8. The smallest absolute Gasteiger partial charge is 0.223 e. The summed E-state index contributed by atoms with van der Waals surface area (Å²) in [5.74, 6) is 0.560. The summed E-state index contributed by atoms with van der Waals surface area (Å²) < 4.78 is 0. The molecule has 1 heterocycles. The van der Waals surface area contributed by atoms with Crippen LogP contribution in [0.2, 0.25) is 0 Å². The zero-order valence-electron chi connectivity index (χ0n) is 13.8. The van der Waals surface area contributed by atoms with Crippen molar-refractivity contribution in [3.05, 3.63) is 0 Å². The molecule has 0 radical (unpaired) electrons. The van der Waals surface area contributed by atoms with Gasteiger partial charge in [-0.2, -0.15) is 0 Å². The molecule has 3 rings (SSSR count). The van der Waals surface area contributed by atoms with Gasteiger partial charge in [0.1, 0.15) is 0 Å². The van der Waals surface area contributed by atoms with Crippen molar-refractivity contribution in [3.63, 3.8) is 0 Å². The van der Waals surface area contributed by atoms with E-state index < -0.39 is 0 Å². The molecule has 3 aliphatic rings. The van der Waals surface area contributed by atoms with Crippen molar-refractivity contribution in [3.8, 4) is 0 Å². The minimum atomic E-state index is 0.194. The first-order chi connectivity index (χ1) is 10.0. The molecule has 1 aliphatic heterocycles. The molecule has 0 aromatic carbocycles. The highest BCUT2D eigenvalue weighted by molar-refractivity contribution is 5.80. The van der Waals surface area contributed by atoms with E-state index in [0.29, 0.717) is 17.5 Å². The molecule has 0 aromatic heterocycles. The maximum Gasteiger partial charge on any atom is 0.223 e. The Balaban J connectivity index is 1.58. The zero-order chi connectivity index (χ0) is 14.9. The number of hydrogen-bond acceptors (Lipinski definition) is 2. The molecule has 3 fully saturated rings. The van der Waals surface area contributed by atoms with Crippen LogP contribution in [0, 0.1) is 11.3 Å². The summed E-state index contributed by atoms with van der Waals surface area (Å²) in [6, 6.07) is 0.397. The molecular weight excluding hydrogens is 260 g/mol. The maximum absolute atomic E-state index is 12.7. The summed E-state index contributed by atoms with van der Waals surface area (Å²) in [5, 5.41) is 7.18. The second kappa shape index (κ2) is 5.91. The molecule has 2 N–H and O–H groups in total. The lowest BCUT2D eigenvalue weighted by Gasteiger charge is -2.45. The van der Waals surface area contributed by atoms with Gasteiger partial charge in [0.2, 0.25) is 5.91 Å². The predicted molar refractivity (Wildman–Crippen MR) is 86.1 cm³/mol. The average Bonchev–Trinajstić information content (AvgIpc) is 2.79. The average molecular weight is 292 g/mol. The number of nitrogens with one attached hydrogen (secondary N) is 2. The molecular formula is C18H32N2O. The molecule has 3 heteroatoms. The van der Waals surface area contributed by atoms with Gasteiger partial charge in [0.25, 0.3) is 0 Å². The molecule has 1 spiro atoms. The lowest BCUT2D eigenvalue weighted by atomic mass is 9.74. The molecule has 21 heavy (non-hydrogen) atoms. The van der Waals surface area contributed by atoms with Crippen LogP contribution in [0.1, 0.15) is 78.1 Å². The van der Waals surface area contributed by atoms with Gasteiger partial charge in [0.15, 0.2) is 0 Å². The monoisotopic (exact) mass is 292 g/mol. The number of carbonyl (C=O) groups excluding carboxylic acids is 1. The number of rotatable bonds is 2. The molecule has 1 saturated heterocycles. The molecule has 0 aromatic rings. The van der Waals surface area contributed by atoms with Crippen LogP contribution >= 0.6 is 0 Å². The second-order valence-electron chi connectivity index (χ2n) is 8.40. The third-order valence-electron chi connectivity index (χ3n) is 6.36. The topological polar surface area (TPSA) is 41.1 Å². The van der Waals surface area contributed by atoms with Gasteiger partial charge in [0.05, 0.1) is 0 Å². The second-order valence-corrected chi connectivity index (χ2v) is 8.40. The predicted octanol–water partition coefficient (Wildman–Crippen LogP) is 3.38. The Morgan fingerprint density at radius 3 is 2.48 bits per heavy atom. The maximum atomic E-state index is 12.7. The van der Waals surface area contributed by atoms with Gasteiger partial charge in [-0.3, -0.25) is 4.79 Å². The molecule has 120 valence electrons. The quantitative estimate of drug-likeness (QED) is 0.819. The minimum absolute atomic E-state index is 0.194. The summed E-state index contributed by atoms with van der Waals surface area (Å²) in [4.78, 5) is 12.7. The summed E-state index contributed by atoms with van der Waals surface area (Å²) in [7, 11) is 0. The van der Waals surface area contributed by atoms with Gasteiger partial charge in [-0.25, -0.2) is 0 Å². The van der Waals surface area contributed by atoms with E-state index in [9.17, 15) is 4.79 Å². The van der Waals surface area contributed by atoms with Crippen molar-refractivity contribution in [1.82, 2.24) is 10.6 Å². The number of piperidine rings is 1. The first-order valence-electron chi connectivity index (χ1n) is 9.06. The Morgan fingerprint density at radius 2 is 1.81 bits per heavy atom. The third kappa shape index (κ3) is 3.28. The van der Waals surface area contributed by atoms with Crippen LogP contribution in [0.4, 0.5) is 0 Å². The summed E-state index contributed by atoms with van der Waals surface area (Å²) >= 11 is 0. The van der Waals surface area contributed by atoms with Gasteiger partial charge in [-0.1, -0.05) is 39.5 Å². The SMILES string of the molecule is CC1(C)CCCC1C(=O)NC1CCNC2(CCCCC2)C1. The van der Waals surface area contributed by atoms with E-state index in [2.05, 4.69) is 24.5 Å². The van der Waals surface area contributed by atoms with Gasteiger partial charge in [-0.15, -0.1) is 0 Å². The van der Waals surface area contributed by atoms with E-state index in [0.717, 1.165) is 25.8 Å². The van der Waals surface area contributed by atoms with Gasteiger partial charge < -0.3 is 10.6 Å². The van der Waals surface area contributed by atoms with Gasteiger partial charge in [0, 0.05) is 17.5 Å². The van der Waals surface area contributed by atoms with Gasteiger partial charge >= 0.3 is 0 Å². The van der Waals surface area contributed by atoms with Crippen molar-refractivity contribution >= 4 is 5.91 Å². The van der Waals surface area contributed by atoms with E-state index in [1.54, 1.807) is 0 Å². The van der Waals surface area contributed by atoms with E-state index in [4.69, 9.17) is 0 Å². The Labute approximate surface area is 129 Å². The van der Waals surface area contributed by atoms with E-state index in [-0.39, 0.29) is 11.3 Å². The van der Waals surface area contributed by atoms with Crippen molar-refractivity contribution in [2.45, 2.75) is 89.6 Å². The lowest BCUT2D eigenvalue weighted by molar-refractivity contribution is -0.128. The lowest BCUT2D eigenvalue weighted by Crippen LogP contribution is -2.57. The van der Waals surface area contributed by atoms with E-state index >= 15 is 0 Å². The first kappa shape index (κ1) is 15.3. The van der Waals surface area contributed by atoms with Crippen LogP contribution in [0.3, 0.4) is 0 Å². The number of amides is 1. The molecule has 1 amide bonds. The van der Waals surface area contributed by atoms with Crippen LogP contribution in [0.25, 0.3) is 0 Å². The Hall–Kier alpha value is -0.570. The van der Waals surface area contributed by atoms with Crippen molar-refractivity contribution < 1.29 is 4.79 Å². The van der Waals surface area contributed by atoms with Crippen LogP contribution in [-0.4, -0.2) is 24.0 Å². The highest BCUT2D eigenvalue weighted by Gasteiger charge is 2.42. The van der Waals surface area contributed by atoms with Crippen molar-refractivity contribution in [2.24, 2.45) is 11.3 Å². The number of carbonyl (C=O) groups is 1. The molecule has 2 unspecified atom stereocenters. The summed E-state index contributed by atoms with van der Waals surface area (Å²) in [5.41, 5.74) is 0.527.